The van der Waals surface area contributed by atoms with Gasteiger partial charge in [0.1, 0.15) is 5.75 Å². The van der Waals surface area contributed by atoms with Gasteiger partial charge in [0.25, 0.3) is 0 Å². The van der Waals surface area contributed by atoms with Crippen LogP contribution in [0.2, 0.25) is 0 Å². The second-order valence-corrected chi connectivity index (χ2v) is 5.94. The molecule has 0 aromatic heterocycles. The molecule has 1 unspecified atom stereocenters. The lowest BCUT2D eigenvalue weighted by atomic mass is 10.1. The summed E-state index contributed by atoms with van der Waals surface area (Å²) in [5.41, 5.74) is 3.70. The van der Waals surface area contributed by atoms with Crippen molar-refractivity contribution in [3.63, 3.8) is 0 Å². The zero-order valence-corrected chi connectivity index (χ0v) is 13.7. The predicted octanol–water partition coefficient (Wildman–Crippen LogP) is 4.81. The highest BCUT2D eigenvalue weighted by molar-refractivity contribution is 9.10. The highest BCUT2D eigenvalue weighted by Gasteiger charge is 2.06. The van der Waals surface area contributed by atoms with Crippen LogP contribution in [0.5, 0.6) is 5.75 Å². The van der Waals surface area contributed by atoms with Gasteiger partial charge >= 0.3 is 0 Å². The molecule has 2 rings (SSSR count). The Bertz CT molecular complexity index is 566. The molecule has 20 heavy (non-hydrogen) atoms. The van der Waals surface area contributed by atoms with Gasteiger partial charge in [0, 0.05) is 16.2 Å². The van der Waals surface area contributed by atoms with Crippen molar-refractivity contribution in [1.29, 1.82) is 0 Å². The van der Waals surface area contributed by atoms with E-state index >= 15 is 0 Å². The summed E-state index contributed by atoms with van der Waals surface area (Å²) in [6, 6.07) is 14.9. The van der Waals surface area contributed by atoms with Crippen LogP contribution in [-0.4, -0.2) is 13.2 Å². The largest absolute Gasteiger partial charge is 0.497 e. The van der Waals surface area contributed by atoms with E-state index < -0.39 is 0 Å². The van der Waals surface area contributed by atoms with E-state index in [1.54, 1.807) is 7.11 Å². The first-order valence-corrected chi connectivity index (χ1v) is 7.53. The number of aryl methyl sites for hydroxylation is 1. The topological polar surface area (TPSA) is 21.3 Å². The van der Waals surface area contributed by atoms with Crippen LogP contribution in [0.1, 0.15) is 18.1 Å². The van der Waals surface area contributed by atoms with Crippen molar-refractivity contribution in [2.45, 2.75) is 26.3 Å². The summed E-state index contributed by atoms with van der Waals surface area (Å²) < 4.78 is 6.28. The monoisotopic (exact) mass is 333 g/mol. The number of benzene rings is 2. The van der Waals surface area contributed by atoms with Crippen LogP contribution in [0.4, 0.5) is 5.69 Å². The summed E-state index contributed by atoms with van der Waals surface area (Å²) in [6.45, 7) is 4.30. The maximum atomic E-state index is 5.18. The fourth-order valence-electron chi connectivity index (χ4n) is 2.18. The molecule has 1 atom stereocenters. The van der Waals surface area contributed by atoms with E-state index in [0.717, 1.165) is 22.3 Å². The van der Waals surface area contributed by atoms with Crippen LogP contribution in [0.25, 0.3) is 0 Å². The maximum absolute atomic E-state index is 5.18. The van der Waals surface area contributed by atoms with Crippen LogP contribution in [0.15, 0.2) is 46.9 Å². The molecule has 0 radical (unpaired) electrons. The van der Waals surface area contributed by atoms with Gasteiger partial charge < -0.3 is 10.1 Å². The maximum Gasteiger partial charge on any atom is 0.118 e. The van der Waals surface area contributed by atoms with Crippen LogP contribution in [0.3, 0.4) is 0 Å². The van der Waals surface area contributed by atoms with Crippen molar-refractivity contribution in [2.24, 2.45) is 0 Å². The van der Waals surface area contributed by atoms with Crippen molar-refractivity contribution >= 4 is 21.6 Å². The van der Waals surface area contributed by atoms with E-state index in [-0.39, 0.29) is 0 Å². The summed E-state index contributed by atoms with van der Waals surface area (Å²) in [6.07, 6.45) is 0.977. The van der Waals surface area contributed by atoms with Crippen LogP contribution >= 0.6 is 15.9 Å². The Kier molecular flexibility index (Phi) is 5.07. The average molecular weight is 334 g/mol. The Morgan fingerprint density at radius 1 is 1.15 bits per heavy atom. The Morgan fingerprint density at radius 2 is 1.85 bits per heavy atom. The van der Waals surface area contributed by atoms with Crippen LogP contribution < -0.4 is 10.1 Å². The van der Waals surface area contributed by atoms with E-state index in [1.807, 2.05) is 12.1 Å². The second-order valence-electron chi connectivity index (χ2n) is 5.08. The van der Waals surface area contributed by atoms with Gasteiger partial charge in [0.15, 0.2) is 0 Å². The highest BCUT2D eigenvalue weighted by Crippen LogP contribution is 2.24. The van der Waals surface area contributed by atoms with E-state index in [4.69, 9.17) is 4.74 Å². The first kappa shape index (κ1) is 14.9. The lowest BCUT2D eigenvalue weighted by molar-refractivity contribution is 0.414. The van der Waals surface area contributed by atoms with Crippen molar-refractivity contribution in [1.82, 2.24) is 0 Å². The molecule has 2 nitrogen and oxygen atoms in total. The Morgan fingerprint density at radius 3 is 2.50 bits per heavy atom. The van der Waals surface area contributed by atoms with Crippen molar-refractivity contribution < 1.29 is 4.74 Å². The van der Waals surface area contributed by atoms with Crippen molar-refractivity contribution in [3.05, 3.63) is 58.1 Å². The van der Waals surface area contributed by atoms with Gasteiger partial charge in [-0.2, -0.15) is 0 Å². The first-order chi connectivity index (χ1) is 9.58. The molecule has 2 aromatic carbocycles. The molecular weight excluding hydrogens is 314 g/mol. The normalized spacial score (nSPS) is 12.0. The zero-order chi connectivity index (χ0) is 14.5. The Hall–Kier alpha value is -1.48. The summed E-state index contributed by atoms with van der Waals surface area (Å²) in [4.78, 5) is 0. The summed E-state index contributed by atoms with van der Waals surface area (Å²) in [5, 5.41) is 3.55. The summed E-state index contributed by atoms with van der Waals surface area (Å²) in [7, 11) is 1.69. The minimum atomic E-state index is 0.362. The van der Waals surface area contributed by atoms with Crippen molar-refractivity contribution in [3.8, 4) is 5.75 Å². The van der Waals surface area contributed by atoms with Gasteiger partial charge in [0.05, 0.1) is 7.11 Å². The number of rotatable bonds is 5. The molecule has 0 saturated carbocycles. The highest BCUT2D eigenvalue weighted by atomic mass is 79.9. The molecule has 0 aliphatic rings. The molecule has 1 N–H and O–H groups in total. The quantitative estimate of drug-likeness (QED) is 0.847. The van der Waals surface area contributed by atoms with Gasteiger partial charge in [-0.15, -0.1) is 0 Å². The van der Waals surface area contributed by atoms with E-state index in [9.17, 15) is 0 Å². The molecule has 106 valence electrons. The van der Waals surface area contributed by atoms with E-state index in [2.05, 4.69) is 65.4 Å². The second kappa shape index (κ2) is 6.80. The fourth-order valence-corrected chi connectivity index (χ4v) is 2.54. The summed E-state index contributed by atoms with van der Waals surface area (Å²) in [5.74, 6) is 0.899. The predicted molar refractivity (Wildman–Crippen MR) is 88.7 cm³/mol. The molecule has 0 heterocycles. The van der Waals surface area contributed by atoms with Crippen LogP contribution in [-0.2, 0) is 6.42 Å². The van der Waals surface area contributed by atoms with Crippen LogP contribution in [0, 0.1) is 6.92 Å². The molecule has 0 saturated heterocycles. The third-order valence-electron chi connectivity index (χ3n) is 3.22. The lowest BCUT2D eigenvalue weighted by Crippen LogP contribution is -2.18. The number of hydrogen-bond donors (Lipinski definition) is 1. The number of hydrogen-bond acceptors (Lipinski definition) is 2. The third kappa shape index (κ3) is 4.01. The van der Waals surface area contributed by atoms with Gasteiger partial charge in [0.2, 0.25) is 0 Å². The number of nitrogens with one attached hydrogen (secondary N) is 1. The van der Waals surface area contributed by atoms with Gasteiger partial charge in [-0.25, -0.2) is 0 Å². The van der Waals surface area contributed by atoms with Gasteiger partial charge in [-0.1, -0.05) is 18.2 Å². The third-order valence-corrected chi connectivity index (χ3v) is 3.92. The van der Waals surface area contributed by atoms with Gasteiger partial charge in [-0.3, -0.25) is 0 Å². The molecule has 0 spiro atoms. The number of ether oxygens (including phenoxy) is 1. The smallest absolute Gasteiger partial charge is 0.118 e. The Labute approximate surface area is 129 Å². The zero-order valence-electron chi connectivity index (χ0n) is 12.1. The molecule has 0 fully saturated rings. The number of anilines is 1. The standard InChI is InChI=1S/C17H20BrNO/c1-12-4-9-16(18)17(10-12)19-13(2)11-14-5-7-15(20-3)8-6-14/h4-10,13,19H,11H2,1-3H3. The molecule has 0 aliphatic carbocycles. The number of methoxy groups -OCH3 is 1. The first-order valence-electron chi connectivity index (χ1n) is 6.74. The van der Waals surface area contributed by atoms with Crippen molar-refractivity contribution in [2.75, 3.05) is 12.4 Å². The molecular formula is C17H20BrNO. The molecule has 2 aromatic rings. The lowest BCUT2D eigenvalue weighted by Gasteiger charge is -2.17. The van der Waals surface area contributed by atoms with E-state index in [1.165, 1.54) is 11.1 Å². The fraction of sp³-hybridized carbons (Fsp3) is 0.294. The van der Waals surface area contributed by atoms with E-state index in [0.29, 0.717) is 6.04 Å². The Balaban J connectivity index is 2.00. The summed E-state index contributed by atoms with van der Waals surface area (Å²) >= 11 is 3.58. The molecule has 0 bridgehead atoms. The SMILES string of the molecule is COc1ccc(CC(C)Nc2cc(C)ccc2Br)cc1. The molecule has 0 aliphatic heterocycles. The average Bonchev–Trinajstić information content (AvgIpc) is 2.43. The molecule has 0 amide bonds. The van der Waals surface area contributed by atoms with Gasteiger partial charge in [-0.05, 0) is 71.6 Å². The minimum Gasteiger partial charge on any atom is -0.497 e. The molecule has 3 heteroatoms. The number of halogens is 1. The minimum absolute atomic E-state index is 0.362.